The van der Waals surface area contributed by atoms with Crippen LogP contribution in [0.2, 0.25) is 0 Å². The molecule has 0 fully saturated rings. The Morgan fingerprint density at radius 2 is 1.68 bits per heavy atom. The molecule has 0 saturated heterocycles. The van der Waals surface area contributed by atoms with Gasteiger partial charge in [0.05, 0.1) is 6.26 Å². The maximum Gasteiger partial charge on any atom is 0.303 e. The summed E-state index contributed by atoms with van der Waals surface area (Å²) >= 11 is 0. The summed E-state index contributed by atoms with van der Waals surface area (Å²) in [6, 6.07) is 0. The van der Waals surface area contributed by atoms with Gasteiger partial charge in [0.1, 0.15) is 6.61 Å². The maximum atomic E-state index is 11.1. The molecule has 0 aromatic heterocycles. The zero-order valence-electron chi connectivity index (χ0n) is 11.0. The molecule has 0 aromatic carbocycles. The monoisotopic (exact) mass is 275 g/mol. The van der Waals surface area contributed by atoms with Gasteiger partial charge in [0.25, 0.3) is 0 Å². The number of carbonyl (C=O) groups is 3. The van der Waals surface area contributed by atoms with Crippen LogP contribution in [0.1, 0.15) is 20.8 Å². The summed E-state index contributed by atoms with van der Waals surface area (Å²) in [5, 5.41) is 0. The number of esters is 3. The molecule has 0 saturated carbocycles. The van der Waals surface area contributed by atoms with Crippen LogP contribution in [-0.4, -0.2) is 42.8 Å². The normalized spacial score (nSPS) is 25.1. The first-order chi connectivity index (χ1) is 8.90. The van der Waals surface area contributed by atoms with E-state index in [4.69, 9.17) is 18.9 Å². The van der Waals surface area contributed by atoms with Gasteiger partial charge in [-0.05, 0) is 6.08 Å². The zero-order valence-corrected chi connectivity index (χ0v) is 11.0. The van der Waals surface area contributed by atoms with Gasteiger partial charge in [-0.15, -0.1) is 0 Å². The molecule has 19 heavy (non-hydrogen) atoms. The number of rotatable bonds is 4. The molecule has 0 spiro atoms. The van der Waals surface area contributed by atoms with Gasteiger partial charge < -0.3 is 18.9 Å². The van der Waals surface area contributed by atoms with E-state index in [0.29, 0.717) is 0 Å². The molecule has 1 heterocycles. The second kappa shape index (κ2) is 6.77. The van der Waals surface area contributed by atoms with Crippen LogP contribution in [-0.2, 0) is 33.3 Å². The molecule has 0 unspecified atom stereocenters. The highest BCUT2D eigenvalue weighted by Crippen LogP contribution is 2.19. The van der Waals surface area contributed by atoms with E-state index in [1.165, 1.54) is 33.1 Å². The minimum absolute atomic E-state index is 0.102. The summed E-state index contributed by atoms with van der Waals surface area (Å²) in [7, 11) is 0. The second-order valence-corrected chi connectivity index (χ2v) is 3.95. The van der Waals surface area contributed by atoms with Gasteiger partial charge in [-0.2, -0.15) is 0 Å². The molecule has 3 atom stereocenters. The molecular weight excluding hydrogens is 259 g/mol. The third-order valence-corrected chi connectivity index (χ3v) is 2.27. The van der Waals surface area contributed by atoms with Crippen molar-refractivity contribution in [1.82, 2.24) is 0 Å². The number of hydrogen-bond donors (Lipinski definition) is 0. The second-order valence-electron chi connectivity index (χ2n) is 3.95. The van der Waals surface area contributed by atoms with Crippen molar-refractivity contribution in [3.8, 4) is 0 Å². The Labute approximate surface area is 110 Å². The van der Waals surface area contributed by atoms with Gasteiger partial charge in [-0.3, -0.25) is 14.4 Å². The van der Waals surface area contributed by atoms with Gasteiger partial charge >= 0.3 is 17.9 Å². The summed E-state index contributed by atoms with van der Waals surface area (Å²) in [5.41, 5.74) is 0. The Hall–Kier alpha value is -2.05. The van der Waals surface area contributed by atoms with Crippen LogP contribution >= 0.6 is 0 Å². The Morgan fingerprint density at radius 3 is 2.21 bits per heavy atom. The van der Waals surface area contributed by atoms with Crippen LogP contribution in [0, 0.1) is 0 Å². The van der Waals surface area contributed by atoms with Crippen LogP contribution < -0.4 is 0 Å². The van der Waals surface area contributed by atoms with Gasteiger partial charge in [0.2, 0.25) is 0 Å². The molecule has 0 amide bonds. The van der Waals surface area contributed by atoms with E-state index < -0.39 is 36.2 Å². The van der Waals surface area contributed by atoms with Crippen LogP contribution in [0.5, 0.6) is 0 Å². The third-order valence-electron chi connectivity index (χ3n) is 2.27. The van der Waals surface area contributed by atoms with Crippen LogP contribution in [0.3, 0.4) is 0 Å². The Balaban J connectivity index is 2.77. The zero-order chi connectivity index (χ0) is 14.4. The first kappa shape index (κ1) is 15.0. The number of ether oxygens (including phenoxy) is 4. The van der Waals surface area contributed by atoms with Crippen molar-refractivity contribution in [2.75, 3.05) is 6.61 Å². The van der Waals surface area contributed by atoms with Gasteiger partial charge in [0, 0.05) is 20.8 Å². The molecule has 0 bridgehead atoms. The standard InChI is InChI=1S/C12H16O7/c1-7(13)17-6-11-12(19-9(3)15)10(4-5-16-11)18-8(2)14/h4-5,10-12H,6H2,1-3H3/t10-,11-,12+/m1/s1/i1+1,2+1,3+1. The topological polar surface area (TPSA) is 88.1 Å². The molecule has 106 valence electrons. The Bertz CT molecular complexity index is 388. The highest BCUT2D eigenvalue weighted by Gasteiger charge is 2.37. The van der Waals surface area contributed by atoms with Crippen molar-refractivity contribution in [3.05, 3.63) is 12.3 Å². The van der Waals surface area contributed by atoms with Crippen LogP contribution in [0.15, 0.2) is 12.3 Å². The van der Waals surface area contributed by atoms with E-state index in [1.807, 2.05) is 0 Å². The maximum absolute atomic E-state index is 11.1. The molecule has 0 aromatic rings. The lowest BCUT2D eigenvalue weighted by atomic mass is 10.1. The van der Waals surface area contributed by atoms with Crippen molar-refractivity contribution in [2.24, 2.45) is 0 Å². The Kier molecular flexibility index (Phi) is 5.35. The van der Waals surface area contributed by atoms with E-state index in [9.17, 15) is 14.4 Å². The van der Waals surface area contributed by atoms with Crippen molar-refractivity contribution >= 4 is 17.9 Å². The first-order valence-electron chi connectivity index (χ1n) is 5.70. The van der Waals surface area contributed by atoms with Crippen molar-refractivity contribution in [1.29, 1.82) is 0 Å². The van der Waals surface area contributed by atoms with E-state index in [2.05, 4.69) is 0 Å². The highest BCUT2D eigenvalue weighted by molar-refractivity contribution is 5.68. The lowest BCUT2D eigenvalue weighted by Crippen LogP contribution is -2.47. The summed E-state index contributed by atoms with van der Waals surface area (Å²) in [5.74, 6) is -1.54. The first-order valence-corrected chi connectivity index (χ1v) is 5.70. The van der Waals surface area contributed by atoms with Gasteiger partial charge in [-0.1, -0.05) is 0 Å². The quantitative estimate of drug-likeness (QED) is 0.415. The van der Waals surface area contributed by atoms with Gasteiger partial charge in [-0.25, -0.2) is 0 Å². The highest BCUT2D eigenvalue weighted by atomic mass is 16.6. The largest absolute Gasteiger partial charge is 0.491 e. The molecule has 7 nitrogen and oxygen atoms in total. The third kappa shape index (κ3) is 4.99. The summed E-state index contributed by atoms with van der Waals surface area (Å²) in [6.45, 7) is 3.62. The molecule has 1 aliphatic heterocycles. The van der Waals surface area contributed by atoms with E-state index in [0.717, 1.165) is 0 Å². The lowest BCUT2D eigenvalue weighted by Gasteiger charge is -2.32. The number of hydrogen-bond acceptors (Lipinski definition) is 7. The fourth-order valence-electron chi connectivity index (χ4n) is 1.59. The van der Waals surface area contributed by atoms with Crippen LogP contribution in [0.25, 0.3) is 0 Å². The molecule has 0 aliphatic carbocycles. The fraction of sp³-hybridized carbons (Fsp3) is 0.583. The molecule has 0 N–H and O–H groups in total. The predicted molar refractivity (Wildman–Crippen MR) is 61.8 cm³/mol. The fourth-order valence-corrected chi connectivity index (χ4v) is 1.59. The molecule has 7 heteroatoms. The van der Waals surface area contributed by atoms with Crippen molar-refractivity contribution in [3.63, 3.8) is 0 Å². The average molecular weight is 275 g/mol. The van der Waals surface area contributed by atoms with Crippen molar-refractivity contribution in [2.45, 2.75) is 39.1 Å². The molecule has 1 rings (SSSR count). The summed E-state index contributed by atoms with van der Waals surface area (Å²) < 4.78 is 20.1. The minimum atomic E-state index is -0.856. The van der Waals surface area contributed by atoms with Gasteiger partial charge in [0.15, 0.2) is 18.3 Å². The molecule has 0 radical (unpaired) electrons. The Morgan fingerprint density at radius 1 is 1.05 bits per heavy atom. The average Bonchev–Trinajstić information content (AvgIpc) is 2.28. The van der Waals surface area contributed by atoms with Crippen molar-refractivity contribution < 1.29 is 33.3 Å². The molecule has 1 aliphatic rings. The lowest BCUT2D eigenvalue weighted by molar-refractivity contribution is -0.178. The SMILES string of the molecule is [13CH3]C(=O)OC[C@H]1OC=C[C@@H](OC([13CH3])=O)[C@@H]1OC([13CH3])=O. The number of carbonyl (C=O) groups excluding carboxylic acids is 3. The van der Waals surface area contributed by atoms with E-state index in [-0.39, 0.29) is 6.61 Å². The molecular formula is C12H16O7. The smallest absolute Gasteiger partial charge is 0.303 e. The summed E-state index contributed by atoms with van der Waals surface area (Å²) in [4.78, 5) is 32.9. The van der Waals surface area contributed by atoms with Crippen LogP contribution in [0.4, 0.5) is 0 Å². The summed E-state index contributed by atoms with van der Waals surface area (Å²) in [6.07, 6.45) is 0.435. The van der Waals surface area contributed by atoms with E-state index >= 15 is 0 Å². The predicted octanol–water partition coefficient (Wildman–Crippen LogP) is 0.325. The van der Waals surface area contributed by atoms with E-state index in [1.54, 1.807) is 0 Å². The minimum Gasteiger partial charge on any atom is -0.491 e.